The van der Waals surface area contributed by atoms with Gasteiger partial charge in [-0.2, -0.15) is 0 Å². The molecule has 0 aliphatic heterocycles. The van der Waals surface area contributed by atoms with Crippen molar-refractivity contribution in [3.05, 3.63) is 127 Å². The Balaban J connectivity index is 1.40. The van der Waals surface area contributed by atoms with Crippen molar-refractivity contribution in [2.24, 2.45) is 0 Å². The number of hydrogen-bond donors (Lipinski definition) is 0. The molecule has 10 rings (SSSR count). The SMILES string of the molecule is c1ccc(-c2nc(-n3c4ccccc4c4c5c(ccc43)oc3ccccc35)nc3c2oc2ccc4ccccc4c23)cc1. The summed E-state index contributed by atoms with van der Waals surface area (Å²) < 4.78 is 15.0. The van der Waals surface area contributed by atoms with Gasteiger partial charge in [-0.3, -0.25) is 4.57 Å². The number of para-hydroxylation sites is 2. The van der Waals surface area contributed by atoms with Gasteiger partial charge in [0.2, 0.25) is 5.95 Å². The van der Waals surface area contributed by atoms with Crippen molar-refractivity contribution in [3.63, 3.8) is 0 Å². The molecule has 5 heteroatoms. The lowest BCUT2D eigenvalue weighted by atomic mass is 10.1. The maximum Gasteiger partial charge on any atom is 0.236 e. The Kier molecular flexibility index (Phi) is 4.39. The summed E-state index contributed by atoms with van der Waals surface area (Å²) in [6.07, 6.45) is 0. The third kappa shape index (κ3) is 3.05. The number of fused-ring (bicyclic) bond motifs is 12. The number of aromatic nitrogens is 3. The normalized spacial score (nSPS) is 12.2. The van der Waals surface area contributed by atoms with Gasteiger partial charge in [0.15, 0.2) is 5.58 Å². The molecule has 0 fully saturated rings. The second-order valence-electron chi connectivity index (χ2n) is 11.0. The first-order chi connectivity index (χ1) is 21.3. The van der Waals surface area contributed by atoms with Crippen LogP contribution in [0.25, 0.3) is 93.8 Å². The summed E-state index contributed by atoms with van der Waals surface area (Å²) in [6, 6.07) is 43.6. The molecule has 0 spiro atoms. The molecule has 0 N–H and O–H groups in total. The second-order valence-corrected chi connectivity index (χ2v) is 11.0. The van der Waals surface area contributed by atoms with E-state index in [2.05, 4.69) is 95.6 Å². The van der Waals surface area contributed by atoms with Gasteiger partial charge < -0.3 is 8.83 Å². The molecule has 0 amide bonds. The highest BCUT2D eigenvalue weighted by Crippen LogP contribution is 2.42. The Bertz CT molecular complexity index is 2730. The van der Waals surface area contributed by atoms with Crippen molar-refractivity contribution in [1.29, 1.82) is 0 Å². The zero-order valence-electron chi connectivity index (χ0n) is 22.8. The predicted molar refractivity (Wildman–Crippen MR) is 174 cm³/mol. The predicted octanol–water partition coefficient (Wildman–Crippen LogP) is 10.2. The van der Waals surface area contributed by atoms with E-state index in [1.165, 1.54) is 0 Å². The molecule has 0 unspecified atom stereocenters. The Morgan fingerprint density at radius 1 is 0.465 bits per heavy atom. The average Bonchev–Trinajstić information content (AvgIpc) is 3.74. The first-order valence-corrected chi connectivity index (χ1v) is 14.3. The van der Waals surface area contributed by atoms with E-state index in [-0.39, 0.29) is 0 Å². The Labute approximate surface area is 244 Å². The summed E-state index contributed by atoms with van der Waals surface area (Å²) in [5.74, 6) is 0.598. The van der Waals surface area contributed by atoms with Crippen LogP contribution in [-0.2, 0) is 0 Å². The van der Waals surface area contributed by atoms with E-state index in [4.69, 9.17) is 18.8 Å². The summed E-state index contributed by atoms with van der Waals surface area (Å²) in [6.45, 7) is 0. The van der Waals surface area contributed by atoms with Crippen LogP contribution in [0.5, 0.6) is 0 Å². The van der Waals surface area contributed by atoms with Crippen molar-refractivity contribution >= 4 is 76.6 Å². The molecule has 0 atom stereocenters. The topological polar surface area (TPSA) is 57.0 Å². The molecule has 0 aliphatic rings. The summed E-state index contributed by atoms with van der Waals surface area (Å²) in [5, 5.41) is 7.71. The molecule has 4 aromatic heterocycles. The maximum atomic E-state index is 6.54. The minimum Gasteiger partial charge on any atom is -0.456 e. The Hall–Kier alpha value is -5.94. The molecular formula is C38H21N3O2. The Morgan fingerprint density at radius 2 is 1.19 bits per heavy atom. The van der Waals surface area contributed by atoms with Crippen molar-refractivity contribution in [1.82, 2.24) is 14.5 Å². The molecule has 0 saturated heterocycles. The molecule has 0 bridgehead atoms. The van der Waals surface area contributed by atoms with Crippen LogP contribution >= 0.6 is 0 Å². The van der Waals surface area contributed by atoms with E-state index in [0.29, 0.717) is 11.5 Å². The molecule has 0 saturated carbocycles. The maximum absolute atomic E-state index is 6.54. The second kappa shape index (κ2) is 8.30. The fourth-order valence-electron chi connectivity index (χ4n) is 6.78. The van der Waals surface area contributed by atoms with E-state index in [0.717, 1.165) is 82.3 Å². The van der Waals surface area contributed by atoms with Crippen LogP contribution in [0.15, 0.2) is 136 Å². The van der Waals surface area contributed by atoms with E-state index in [1.54, 1.807) is 0 Å². The lowest BCUT2D eigenvalue weighted by molar-refractivity contribution is 0.667. The minimum absolute atomic E-state index is 0.598. The third-order valence-corrected chi connectivity index (χ3v) is 8.62. The van der Waals surface area contributed by atoms with Gasteiger partial charge in [0, 0.05) is 27.1 Å². The van der Waals surface area contributed by atoms with Gasteiger partial charge in [0.1, 0.15) is 28.0 Å². The van der Waals surface area contributed by atoms with Crippen LogP contribution in [0.1, 0.15) is 0 Å². The van der Waals surface area contributed by atoms with Crippen LogP contribution in [0.4, 0.5) is 0 Å². The van der Waals surface area contributed by atoms with Gasteiger partial charge in [-0.1, -0.05) is 97.1 Å². The summed E-state index contributed by atoms with van der Waals surface area (Å²) in [4.78, 5) is 10.6. The van der Waals surface area contributed by atoms with Gasteiger partial charge >= 0.3 is 0 Å². The standard InChI is InChI=1S/C38H21N3O2/c1-2-11-23(12-3-1)35-37-36(34-24-13-5-4-10-22(24)18-20-31(34)43-37)40-38(39-35)41-27-16-8-6-14-25(27)32-28(41)19-21-30-33(32)26-15-7-9-17-29(26)42-30/h1-21H. The van der Waals surface area contributed by atoms with E-state index in [9.17, 15) is 0 Å². The number of rotatable bonds is 2. The largest absolute Gasteiger partial charge is 0.456 e. The van der Waals surface area contributed by atoms with E-state index in [1.807, 2.05) is 36.4 Å². The smallest absolute Gasteiger partial charge is 0.236 e. The summed E-state index contributed by atoms with van der Waals surface area (Å²) >= 11 is 0. The average molecular weight is 552 g/mol. The van der Waals surface area contributed by atoms with Crippen molar-refractivity contribution in [2.75, 3.05) is 0 Å². The van der Waals surface area contributed by atoms with Gasteiger partial charge in [0.05, 0.1) is 16.4 Å². The number of furan rings is 2. The lowest BCUT2D eigenvalue weighted by Crippen LogP contribution is -2.02. The first-order valence-electron chi connectivity index (χ1n) is 14.3. The van der Waals surface area contributed by atoms with Crippen molar-refractivity contribution in [3.8, 4) is 17.2 Å². The zero-order chi connectivity index (χ0) is 28.1. The zero-order valence-corrected chi connectivity index (χ0v) is 22.8. The fourth-order valence-corrected chi connectivity index (χ4v) is 6.78. The summed E-state index contributed by atoms with van der Waals surface area (Å²) in [7, 11) is 0. The molecule has 0 radical (unpaired) electrons. The molecule has 5 nitrogen and oxygen atoms in total. The molecule has 4 heterocycles. The van der Waals surface area contributed by atoms with Crippen LogP contribution in [0, 0.1) is 0 Å². The van der Waals surface area contributed by atoms with Gasteiger partial charge in [-0.15, -0.1) is 0 Å². The molecule has 6 aromatic carbocycles. The highest BCUT2D eigenvalue weighted by atomic mass is 16.3. The monoisotopic (exact) mass is 551 g/mol. The van der Waals surface area contributed by atoms with Crippen molar-refractivity contribution in [2.45, 2.75) is 0 Å². The summed E-state index contributed by atoms with van der Waals surface area (Å²) in [5.41, 5.74) is 7.83. The van der Waals surface area contributed by atoms with Crippen LogP contribution < -0.4 is 0 Å². The third-order valence-electron chi connectivity index (χ3n) is 8.62. The number of nitrogens with zero attached hydrogens (tertiary/aromatic N) is 3. The van der Waals surface area contributed by atoms with Crippen LogP contribution in [-0.4, -0.2) is 14.5 Å². The van der Waals surface area contributed by atoms with E-state index >= 15 is 0 Å². The highest BCUT2D eigenvalue weighted by Gasteiger charge is 2.23. The van der Waals surface area contributed by atoms with E-state index < -0.39 is 0 Å². The van der Waals surface area contributed by atoms with Gasteiger partial charge in [-0.05, 0) is 41.1 Å². The van der Waals surface area contributed by atoms with Crippen molar-refractivity contribution < 1.29 is 8.83 Å². The quantitative estimate of drug-likeness (QED) is 0.214. The number of hydrogen-bond acceptors (Lipinski definition) is 4. The Morgan fingerprint density at radius 3 is 2.09 bits per heavy atom. The number of benzene rings is 6. The van der Waals surface area contributed by atoms with Gasteiger partial charge in [-0.25, -0.2) is 9.97 Å². The minimum atomic E-state index is 0.598. The highest BCUT2D eigenvalue weighted by molar-refractivity contribution is 6.27. The van der Waals surface area contributed by atoms with Gasteiger partial charge in [0.25, 0.3) is 0 Å². The molecular weight excluding hydrogens is 530 g/mol. The van der Waals surface area contributed by atoms with Crippen LogP contribution in [0.3, 0.4) is 0 Å². The molecule has 0 aliphatic carbocycles. The fraction of sp³-hybridized carbons (Fsp3) is 0. The molecule has 43 heavy (non-hydrogen) atoms. The lowest BCUT2D eigenvalue weighted by Gasteiger charge is -2.09. The van der Waals surface area contributed by atoms with Crippen LogP contribution in [0.2, 0.25) is 0 Å². The molecule has 10 aromatic rings. The first kappa shape index (κ1) is 22.7. The molecule has 200 valence electrons.